The number of ether oxygens (including phenoxy) is 6. The SMILES string of the molecule is Cc1cc(C(=O)Oc2ccc3c(c2)Cc2cc(OC(=O)c4ccc(OC(F)(F)C(F)C(F)(F)F)cc4)ccc2-3)ccc1OCCCOCC1(C)COC1. The van der Waals surface area contributed by atoms with Crippen LogP contribution in [0.1, 0.15) is 50.8 Å². The number of rotatable bonds is 14. The maximum atomic E-state index is 13.6. The van der Waals surface area contributed by atoms with Gasteiger partial charge < -0.3 is 28.4 Å². The first-order valence-electron chi connectivity index (χ1n) is 16.6. The van der Waals surface area contributed by atoms with Crippen LogP contribution in [0.3, 0.4) is 0 Å². The number of halogens is 6. The van der Waals surface area contributed by atoms with Gasteiger partial charge in [0, 0.05) is 18.4 Å². The van der Waals surface area contributed by atoms with Crippen LogP contribution in [0.15, 0.2) is 78.9 Å². The molecule has 0 amide bonds. The summed E-state index contributed by atoms with van der Waals surface area (Å²) in [6.45, 7) is 7.11. The number of esters is 2. The van der Waals surface area contributed by atoms with Crippen molar-refractivity contribution in [3.8, 4) is 34.1 Å². The Hall–Kier alpha value is -5.08. The number of carbonyl (C=O) groups is 2. The molecule has 0 spiro atoms. The molecule has 1 aliphatic heterocycles. The highest BCUT2D eigenvalue weighted by atomic mass is 19.4. The Bertz CT molecular complexity index is 1970. The molecule has 0 N–H and O–H groups in total. The summed E-state index contributed by atoms with van der Waals surface area (Å²) in [6.07, 6.45) is -14.4. The molecule has 53 heavy (non-hydrogen) atoms. The Morgan fingerprint density at radius 2 is 1.34 bits per heavy atom. The molecule has 1 heterocycles. The van der Waals surface area contributed by atoms with Gasteiger partial charge in [0.05, 0.1) is 37.6 Å². The molecule has 1 atom stereocenters. The molecule has 8 nitrogen and oxygen atoms in total. The first-order chi connectivity index (χ1) is 25.1. The molecule has 1 fully saturated rings. The molecule has 2 aliphatic rings. The number of carbonyl (C=O) groups excluding carboxylic acids is 2. The Labute approximate surface area is 300 Å². The minimum Gasteiger partial charge on any atom is -0.493 e. The van der Waals surface area contributed by atoms with E-state index in [1.54, 1.807) is 48.5 Å². The van der Waals surface area contributed by atoms with Crippen molar-refractivity contribution in [1.82, 2.24) is 0 Å². The normalized spacial score (nSPS) is 15.1. The lowest BCUT2D eigenvalue weighted by atomic mass is 9.90. The van der Waals surface area contributed by atoms with Gasteiger partial charge >= 0.3 is 24.2 Å². The second-order valence-electron chi connectivity index (χ2n) is 13.2. The third-order valence-corrected chi connectivity index (χ3v) is 8.62. The van der Waals surface area contributed by atoms with Gasteiger partial charge in [-0.2, -0.15) is 22.0 Å². The van der Waals surface area contributed by atoms with Crippen LogP contribution in [0.5, 0.6) is 23.0 Å². The molecule has 14 heteroatoms. The second kappa shape index (κ2) is 15.1. The molecule has 1 unspecified atom stereocenters. The zero-order valence-corrected chi connectivity index (χ0v) is 28.6. The largest absolute Gasteiger partial charge is 0.493 e. The van der Waals surface area contributed by atoms with Crippen molar-refractivity contribution in [3.05, 3.63) is 107 Å². The summed E-state index contributed by atoms with van der Waals surface area (Å²) in [7, 11) is 0. The van der Waals surface area contributed by atoms with Gasteiger partial charge in [0.1, 0.15) is 23.0 Å². The zero-order valence-electron chi connectivity index (χ0n) is 28.6. The van der Waals surface area contributed by atoms with E-state index in [0.29, 0.717) is 43.3 Å². The Balaban J connectivity index is 1.00. The van der Waals surface area contributed by atoms with E-state index in [2.05, 4.69) is 11.7 Å². The summed E-state index contributed by atoms with van der Waals surface area (Å²) >= 11 is 0. The topological polar surface area (TPSA) is 89.5 Å². The molecule has 0 aromatic heterocycles. The number of benzene rings is 4. The molecular weight excluding hydrogens is 710 g/mol. The number of hydrogen-bond donors (Lipinski definition) is 0. The quantitative estimate of drug-likeness (QED) is 0.0483. The Morgan fingerprint density at radius 3 is 1.89 bits per heavy atom. The molecule has 0 saturated carbocycles. The second-order valence-corrected chi connectivity index (χ2v) is 13.2. The van der Waals surface area contributed by atoms with Gasteiger partial charge in [-0.3, -0.25) is 0 Å². The fourth-order valence-electron chi connectivity index (χ4n) is 5.81. The maximum absolute atomic E-state index is 13.6. The van der Waals surface area contributed by atoms with Crippen molar-refractivity contribution in [3.63, 3.8) is 0 Å². The van der Waals surface area contributed by atoms with Gasteiger partial charge in [-0.15, -0.1) is 0 Å². The summed E-state index contributed by atoms with van der Waals surface area (Å²) < 4.78 is 109. The van der Waals surface area contributed by atoms with Crippen LogP contribution >= 0.6 is 0 Å². The molecule has 6 rings (SSSR count). The number of hydrogen-bond acceptors (Lipinski definition) is 8. The number of alkyl halides is 6. The van der Waals surface area contributed by atoms with Crippen LogP contribution in [0, 0.1) is 12.3 Å². The van der Waals surface area contributed by atoms with Gasteiger partial charge in [-0.25, -0.2) is 14.0 Å². The van der Waals surface area contributed by atoms with Gasteiger partial charge in [-0.1, -0.05) is 19.1 Å². The smallest absolute Gasteiger partial charge is 0.439 e. The van der Waals surface area contributed by atoms with Crippen molar-refractivity contribution in [1.29, 1.82) is 0 Å². The van der Waals surface area contributed by atoms with E-state index in [1.165, 1.54) is 0 Å². The van der Waals surface area contributed by atoms with Crippen LogP contribution in [0.25, 0.3) is 11.1 Å². The maximum Gasteiger partial charge on any atom is 0.439 e. The molecule has 0 bridgehead atoms. The fraction of sp³-hybridized carbons (Fsp3) is 0.333. The lowest BCUT2D eigenvalue weighted by Gasteiger charge is -2.37. The van der Waals surface area contributed by atoms with Gasteiger partial charge in [-0.05, 0) is 108 Å². The van der Waals surface area contributed by atoms with Crippen LogP contribution in [0.2, 0.25) is 0 Å². The molecule has 1 aliphatic carbocycles. The van der Waals surface area contributed by atoms with E-state index in [9.17, 15) is 35.9 Å². The average Bonchev–Trinajstić information content (AvgIpc) is 3.45. The Morgan fingerprint density at radius 1 is 0.774 bits per heavy atom. The third-order valence-electron chi connectivity index (χ3n) is 8.62. The summed E-state index contributed by atoms with van der Waals surface area (Å²) in [5, 5.41) is 0. The lowest BCUT2D eigenvalue weighted by molar-refractivity contribution is -0.304. The van der Waals surface area contributed by atoms with Crippen LogP contribution < -0.4 is 18.9 Å². The van der Waals surface area contributed by atoms with Gasteiger partial charge in [0.25, 0.3) is 6.17 Å². The third kappa shape index (κ3) is 8.94. The minimum atomic E-state index is -5.83. The van der Waals surface area contributed by atoms with Crippen LogP contribution in [-0.4, -0.2) is 63.4 Å². The van der Waals surface area contributed by atoms with Crippen molar-refractivity contribution < 1.29 is 64.4 Å². The zero-order chi connectivity index (χ0) is 38.0. The number of aryl methyl sites for hydroxylation is 1. The summed E-state index contributed by atoms with van der Waals surface area (Å²) in [6, 6.07) is 18.9. The van der Waals surface area contributed by atoms with Gasteiger partial charge in [0.2, 0.25) is 0 Å². The minimum absolute atomic E-state index is 0.103. The van der Waals surface area contributed by atoms with E-state index in [-0.39, 0.29) is 16.7 Å². The van der Waals surface area contributed by atoms with E-state index in [4.69, 9.17) is 23.7 Å². The average molecular weight is 745 g/mol. The van der Waals surface area contributed by atoms with E-state index >= 15 is 0 Å². The molecule has 4 aromatic carbocycles. The highest BCUT2D eigenvalue weighted by molar-refractivity contribution is 5.92. The first kappa shape index (κ1) is 37.7. The highest BCUT2D eigenvalue weighted by Gasteiger charge is 2.59. The van der Waals surface area contributed by atoms with Crippen molar-refractivity contribution in [2.45, 2.75) is 45.1 Å². The van der Waals surface area contributed by atoms with Crippen LogP contribution in [0.4, 0.5) is 26.3 Å². The predicted octanol–water partition coefficient (Wildman–Crippen LogP) is 8.70. The predicted molar refractivity (Wildman–Crippen MR) is 179 cm³/mol. The molecule has 0 radical (unpaired) electrons. The first-order valence-corrected chi connectivity index (χ1v) is 16.6. The van der Waals surface area contributed by atoms with Crippen molar-refractivity contribution >= 4 is 11.9 Å². The number of fused-ring (bicyclic) bond motifs is 3. The van der Waals surface area contributed by atoms with E-state index < -0.39 is 36.1 Å². The molecule has 4 aromatic rings. The van der Waals surface area contributed by atoms with Crippen LogP contribution in [-0.2, 0) is 15.9 Å². The lowest BCUT2D eigenvalue weighted by Crippen LogP contribution is -2.45. The van der Waals surface area contributed by atoms with Crippen molar-refractivity contribution in [2.24, 2.45) is 5.41 Å². The summed E-state index contributed by atoms with van der Waals surface area (Å²) in [5.41, 5.74) is 4.61. The molecule has 280 valence electrons. The van der Waals surface area contributed by atoms with E-state index in [1.807, 2.05) is 13.0 Å². The summed E-state index contributed by atoms with van der Waals surface area (Å²) in [5.74, 6) is -1.01. The fourth-order valence-corrected chi connectivity index (χ4v) is 5.81. The monoisotopic (exact) mass is 744 g/mol. The van der Waals surface area contributed by atoms with E-state index in [0.717, 1.165) is 71.7 Å². The molecule has 1 saturated heterocycles. The summed E-state index contributed by atoms with van der Waals surface area (Å²) in [4.78, 5) is 25.7. The highest BCUT2D eigenvalue weighted by Crippen LogP contribution is 2.41. The van der Waals surface area contributed by atoms with Gasteiger partial charge in [0.15, 0.2) is 0 Å². The molecular formula is C39H34F6O8. The van der Waals surface area contributed by atoms with Crippen molar-refractivity contribution in [2.75, 3.05) is 33.0 Å². The Kier molecular flexibility index (Phi) is 10.7. The standard InChI is InChI=1S/C39H34F6O8/c1-23-16-25(6-13-33(23)50-15-3-14-48-20-37(2)21-49-22-37)35(47)52-30-10-12-32-27(19-30)17-26-18-29(9-11-31(26)32)51-34(46)24-4-7-28(8-5-24)53-39(44,45)36(40)38(41,42)43/h4-13,16,18-19,36H,3,14-15,17,20-22H2,1-2H3.